The Labute approximate surface area is 196 Å². The van der Waals surface area contributed by atoms with Gasteiger partial charge in [0.05, 0.1) is 22.4 Å². The number of hydrogen-bond acceptors (Lipinski definition) is 4. The van der Waals surface area contributed by atoms with Gasteiger partial charge < -0.3 is 4.57 Å². The summed E-state index contributed by atoms with van der Waals surface area (Å²) in [6.07, 6.45) is 2.90. The molecule has 0 bridgehead atoms. The number of benzene rings is 2. The second-order valence-electron chi connectivity index (χ2n) is 7.98. The number of thioether (sulfide) groups is 1. The van der Waals surface area contributed by atoms with Gasteiger partial charge in [-0.25, -0.2) is 5.01 Å². The molecule has 1 unspecified atom stereocenters. The molecule has 0 spiro atoms. The van der Waals surface area contributed by atoms with Crippen LogP contribution in [0.3, 0.4) is 0 Å². The minimum atomic E-state index is -0.0576. The third-order valence-electron chi connectivity index (χ3n) is 5.88. The second-order valence-corrected chi connectivity index (χ2v) is 9.94. The van der Waals surface area contributed by atoms with Crippen molar-refractivity contribution in [2.24, 2.45) is 5.10 Å². The number of fused-ring (bicyclic) bond motifs is 1. The van der Waals surface area contributed by atoms with E-state index in [0.717, 1.165) is 34.0 Å². The summed E-state index contributed by atoms with van der Waals surface area (Å²) >= 11 is 3.27. The molecule has 5 rings (SSSR count). The molecular formula is C26H25N3OS2. The van der Waals surface area contributed by atoms with Gasteiger partial charge in [0.25, 0.3) is 5.91 Å². The minimum absolute atomic E-state index is 0.0421. The molecule has 0 aliphatic carbocycles. The van der Waals surface area contributed by atoms with Crippen molar-refractivity contribution in [1.82, 2.24) is 9.58 Å². The van der Waals surface area contributed by atoms with Gasteiger partial charge in [-0.2, -0.15) is 5.10 Å². The fraction of sp³-hybridized carbons (Fsp3) is 0.231. The van der Waals surface area contributed by atoms with Crippen LogP contribution >= 0.6 is 23.1 Å². The summed E-state index contributed by atoms with van der Waals surface area (Å²) in [4.78, 5) is 15.7. The zero-order chi connectivity index (χ0) is 22.1. The fourth-order valence-electron chi connectivity index (χ4n) is 4.18. The second kappa shape index (κ2) is 8.96. The van der Waals surface area contributed by atoms with Gasteiger partial charge in [0.1, 0.15) is 0 Å². The van der Waals surface area contributed by atoms with Crippen LogP contribution in [0.15, 0.2) is 82.2 Å². The fourth-order valence-corrected chi connectivity index (χ4v) is 5.84. The van der Waals surface area contributed by atoms with E-state index in [9.17, 15) is 4.79 Å². The SMILES string of the molecule is CCn1cc(SCC(=O)N2N=C(c3cccs3)CC2c2ccc(C)cc2)c2ccccc21. The van der Waals surface area contributed by atoms with Crippen LogP contribution in [0.5, 0.6) is 0 Å². The minimum Gasteiger partial charge on any atom is -0.347 e. The summed E-state index contributed by atoms with van der Waals surface area (Å²) < 4.78 is 2.24. The van der Waals surface area contributed by atoms with Gasteiger partial charge in [0, 0.05) is 35.0 Å². The highest BCUT2D eigenvalue weighted by Crippen LogP contribution is 2.36. The molecule has 2 aromatic heterocycles. The first-order chi connectivity index (χ1) is 15.6. The van der Waals surface area contributed by atoms with E-state index >= 15 is 0 Å². The number of rotatable bonds is 6. The molecule has 0 N–H and O–H groups in total. The highest BCUT2D eigenvalue weighted by atomic mass is 32.2. The predicted molar refractivity (Wildman–Crippen MR) is 135 cm³/mol. The molecule has 1 atom stereocenters. The highest BCUT2D eigenvalue weighted by molar-refractivity contribution is 8.00. The van der Waals surface area contributed by atoms with E-state index in [1.807, 2.05) is 6.07 Å². The van der Waals surface area contributed by atoms with E-state index in [1.54, 1.807) is 28.1 Å². The Hall–Kier alpha value is -2.83. The number of hydrogen-bond donors (Lipinski definition) is 0. The first kappa shape index (κ1) is 21.0. The lowest BCUT2D eigenvalue weighted by Crippen LogP contribution is -2.28. The van der Waals surface area contributed by atoms with E-state index in [-0.39, 0.29) is 11.9 Å². The number of hydrazone groups is 1. The number of para-hydroxylation sites is 1. The van der Waals surface area contributed by atoms with Crippen molar-refractivity contribution in [3.8, 4) is 0 Å². The summed E-state index contributed by atoms with van der Waals surface area (Å²) in [5, 5.41) is 9.77. The molecule has 32 heavy (non-hydrogen) atoms. The Morgan fingerprint density at radius 3 is 2.69 bits per heavy atom. The molecule has 2 aromatic carbocycles. The molecule has 0 saturated carbocycles. The summed E-state index contributed by atoms with van der Waals surface area (Å²) in [6.45, 7) is 5.13. The Balaban J connectivity index is 1.40. The maximum atomic E-state index is 13.4. The number of thiophene rings is 1. The van der Waals surface area contributed by atoms with Gasteiger partial charge in [-0.05, 0) is 36.9 Å². The van der Waals surface area contributed by atoms with E-state index in [2.05, 4.69) is 84.6 Å². The number of aromatic nitrogens is 1. The lowest BCUT2D eigenvalue weighted by atomic mass is 10.00. The molecule has 4 nitrogen and oxygen atoms in total. The average molecular weight is 460 g/mol. The molecule has 0 radical (unpaired) electrons. The molecule has 0 fully saturated rings. The van der Waals surface area contributed by atoms with Crippen molar-refractivity contribution >= 4 is 45.6 Å². The van der Waals surface area contributed by atoms with Gasteiger partial charge in [0.15, 0.2) is 0 Å². The van der Waals surface area contributed by atoms with Gasteiger partial charge >= 0.3 is 0 Å². The number of nitrogens with zero attached hydrogens (tertiary/aromatic N) is 3. The molecule has 6 heteroatoms. The summed E-state index contributed by atoms with van der Waals surface area (Å²) in [7, 11) is 0. The maximum Gasteiger partial charge on any atom is 0.253 e. The molecule has 1 amide bonds. The van der Waals surface area contributed by atoms with E-state index in [0.29, 0.717) is 5.75 Å². The predicted octanol–water partition coefficient (Wildman–Crippen LogP) is 6.50. The largest absolute Gasteiger partial charge is 0.347 e. The Morgan fingerprint density at radius 1 is 1.12 bits per heavy atom. The molecule has 1 aliphatic rings. The molecule has 162 valence electrons. The number of carbonyl (C=O) groups is 1. The standard InChI is InChI=1S/C26H25N3OS2/c1-3-28-16-25(20-7-4-5-8-22(20)28)32-17-26(30)29-23(19-12-10-18(2)11-13-19)15-21(27-29)24-9-6-14-31-24/h4-14,16,23H,3,15,17H2,1-2H3. The zero-order valence-electron chi connectivity index (χ0n) is 18.2. The lowest BCUT2D eigenvalue weighted by Gasteiger charge is -2.22. The smallest absolute Gasteiger partial charge is 0.253 e. The Morgan fingerprint density at radius 2 is 1.94 bits per heavy atom. The van der Waals surface area contributed by atoms with Gasteiger partial charge in [0.2, 0.25) is 0 Å². The van der Waals surface area contributed by atoms with Crippen molar-refractivity contribution in [2.45, 2.75) is 37.8 Å². The number of aryl methyl sites for hydroxylation is 2. The zero-order valence-corrected chi connectivity index (χ0v) is 19.8. The van der Waals surface area contributed by atoms with Crippen molar-refractivity contribution in [2.75, 3.05) is 5.75 Å². The average Bonchev–Trinajstić information content (AvgIpc) is 3.56. The number of amides is 1. The topological polar surface area (TPSA) is 37.6 Å². The summed E-state index contributed by atoms with van der Waals surface area (Å²) in [6, 6.07) is 20.9. The monoisotopic (exact) mass is 459 g/mol. The molecular weight excluding hydrogens is 434 g/mol. The lowest BCUT2D eigenvalue weighted by molar-refractivity contribution is -0.130. The third kappa shape index (κ3) is 4.00. The van der Waals surface area contributed by atoms with Crippen LogP contribution in [0.2, 0.25) is 0 Å². The maximum absolute atomic E-state index is 13.4. The summed E-state index contributed by atoms with van der Waals surface area (Å²) in [5.74, 6) is 0.404. The molecule has 1 aliphatic heterocycles. The molecule has 3 heterocycles. The van der Waals surface area contributed by atoms with Crippen LogP contribution in [0, 0.1) is 6.92 Å². The van der Waals surface area contributed by atoms with E-state index in [4.69, 9.17) is 5.10 Å². The van der Waals surface area contributed by atoms with Crippen LogP contribution < -0.4 is 0 Å². The first-order valence-corrected chi connectivity index (χ1v) is 12.7. The Bertz CT molecular complexity index is 1270. The van der Waals surface area contributed by atoms with E-state index < -0.39 is 0 Å². The van der Waals surface area contributed by atoms with Crippen LogP contribution in [0.25, 0.3) is 10.9 Å². The third-order valence-corrected chi connectivity index (χ3v) is 7.82. The quantitative estimate of drug-likeness (QED) is 0.309. The van der Waals surface area contributed by atoms with Crippen molar-refractivity contribution < 1.29 is 4.79 Å². The van der Waals surface area contributed by atoms with Crippen LogP contribution in [-0.4, -0.2) is 26.9 Å². The van der Waals surface area contributed by atoms with Gasteiger partial charge in [-0.3, -0.25) is 4.79 Å². The molecule has 0 saturated heterocycles. The van der Waals surface area contributed by atoms with Gasteiger partial charge in [-0.15, -0.1) is 23.1 Å². The Kier molecular flexibility index (Phi) is 5.89. The summed E-state index contributed by atoms with van der Waals surface area (Å²) in [5.41, 5.74) is 4.55. The van der Waals surface area contributed by atoms with Crippen molar-refractivity contribution in [3.05, 3.63) is 88.2 Å². The normalized spacial score (nSPS) is 16.0. The van der Waals surface area contributed by atoms with Crippen LogP contribution in [0.4, 0.5) is 0 Å². The van der Waals surface area contributed by atoms with Crippen LogP contribution in [-0.2, 0) is 11.3 Å². The van der Waals surface area contributed by atoms with Crippen molar-refractivity contribution in [1.29, 1.82) is 0 Å². The van der Waals surface area contributed by atoms with Gasteiger partial charge in [-0.1, -0.05) is 54.1 Å². The first-order valence-electron chi connectivity index (χ1n) is 10.8. The highest BCUT2D eigenvalue weighted by Gasteiger charge is 2.33. The van der Waals surface area contributed by atoms with E-state index in [1.165, 1.54) is 16.5 Å². The molecule has 4 aromatic rings. The van der Waals surface area contributed by atoms with Crippen molar-refractivity contribution in [3.63, 3.8) is 0 Å². The van der Waals surface area contributed by atoms with Crippen LogP contribution in [0.1, 0.15) is 35.4 Å². The number of carbonyl (C=O) groups excluding carboxylic acids is 1.